The van der Waals surface area contributed by atoms with Gasteiger partial charge in [-0.05, 0) is 50.9 Å². The lowest BCUT2D eigenvalue weighted by atomic mass is 9.80. The summed E-state index contributed by atoms with van der Waals surface area (Å²) >= 11 is 0. The Bertz CT molecular complexity index is 437. The average Bonchev–Trinajstić information content (AvgIpc) is 2.77. The van der Waals surface area contributed by atoms with Gasteiger partial charge in [-0.2, -0.15) is 0 Å². The van der Waals surface area contributed by atoms with Crippen LogP contribution in [0.25, 0.3) is 0 Å². The minimum absolute atomic E-state index is 0.208. The highest BCUT2D eigenvalue weighted by atomic mass is 16.2. The van der Waals surface area contributed by atoms with E-state index in [0.29, 0.717) is 23.9 Å². The van der Waals surface area contributed by atoms with Gasteiger partial charge >= 0.3 is 0 Å². The molecule has 3 aliphatic rings. The van der Waals surface area contributed by atoms with Crippen molar-refractivity contribution in [1.82, 2.24) is 4.90 Å². The molecule has 1 saturated heterocycles. The lowest BCUT2D eigenvalue weighted by molar-refractivity contribution is -0.140. The first-order valence-corrected chi connectivity index (χ1v) is 10.1. The quantitative estimate of drug-likeness (QED) is 0.644. The van der Waals surface area contributed by atoms with Gasteiger partial charge in [-0.3, -0.25) is 4.79 Å². The standard InChI is InChI=1S/C21H35NO/c1-15(2)20-14-18-12-8-5-9-13-19(18)22(20)21(23)16(3)17-10-6-4-7-11-17/h16-20H,1,4-14H2,2-3H3. The Balaban J connectivity index is 1.77. The molecule has 23 heavy (non-hydrogen) atoms. The Morgan fingerprint density at radius 3 is 2.26 bits per heavy atom. The van der Waals surface area contributed by atoms with Crippen LogP contribution in [0.3, 0.4) is 0 Å². The first-order chi connectivity index (χ1) is 11.1. The van der Waals surface area contributed by atoms with Crippen molar-refractivity contribution in [3.8, 4) is 0 Å². The van der Waals surface area contributed by atoms with E-state index in [2.05, 4.69) is 25.3 Å². The minimum Gasteiger partial charge on any atom is -0.333 e. The first kappa shape index (κ1) is 17.0. The molecule has 130 valence electrons. The van der Waals surface area contributed by atoms with Gasteiger partial charge in [-0.15, -0.1) is 0 Å². The largest absolute Gasteiger partial charge is 0.333 e. The molecular formula is C21H35NO. The van der Waals surface area contributed by atoms with E-state index in [4.69, 9.17) is 0 Å². The Labute approximate surface area is 142 Å². The molecule has 4 unspecified atom stereocenters. The molecule has 2 aliphatic carbocycles. The van der Waals surface area contributed by atoms with Crippen molar-refractivity contribution >= 4 is 5.91 Å². The molecule has 2 heteroatoms. The molecule has 2 nitrogen and oxygen atoms in total. The minimum atomic E-state index is 0.208. The Morgan fingerprint density at radius 1 is 1.00 bits per heavy atom. The fraction of sp³-hybridized carbons (Fsp3) is 0.857. The summed E-state index contributed by atoms with van der Waals surface area (Å²) in [7, 11) is 0. The molecule has 3 rings (SSSR count). The molecule has 0 N–H and O–H groups in total. The highest BCUT2D eigenvalue weighted by Crippen LogP contribution is 2.42. The maximum Gasteiger partial charge on any atom is 0.226 e. The second kappa shape index (κ2) is 7.40. The highest BCUT2D eigenvalue weighted by Gasteiger charge is 2.45. The van der Waals surface area contributed by atoms with E-state index in [9.17, 15) is 4.79 Å². The van der Waals surface area contributed by atoms with Gasteiger partial charge in [0.05, 0.1) is 6.04 Å². The Hall–Kier alpha value is -0.790. The fourth-order valence-corrected chi connectivity index (χ4v) is 5.46. The number of fused-ring (bicyclic) bond motifs is 1. The van der Waals surface area contributed by atoms with Crippen LogP contribution in [0.15, 0.2) is 12.2 Å². The number of likely N-dealkylation sites (tertiary alicyclic amines) is 1. The van der Waals surface area contributed by atoms with Crippen molar-refractivity contribution in [3.63, 3.8) is 0 Å². The summed E-state index contributed by atoms with van der Waals surface area (Å²) in [6.45, 7) is 8.56. The SMILES string of the molecule is C=C(C)C1CC2CCCCCC2N1C(=O)C(C)C1CCCCC1. The van der Waals surface area contributed by atoms with Crippen molar-refractivity contribution in [3.05, 3.63) is 12.2 Å². The molecule has 0 aromatic rings. The molecule has 1 amide bonds. The van der Waals surface area contributed by atoms with E-state index in [1.54, 1.807) is 0 Å². The van der Waals surface area contributed by atoms with Crippen LogP contribution in [0.5, 0.6) is 0 Å². The zero-order valence-corrected chi connectivity index (χ0v) is 15.2. The van der Waals surface area contributed by atoms with Gasteiger partial charge in [-0.25, -0.2) is 0 Å². The van der Waals surface area contributed by atoms with Crippen molar-refractivity contribution in [2.75, 3.05) is 0 Å². The molecule has 3 fully saturated rings. The topological polar surface area (TPSA) is 20.3 Å². The third-order valence-electron chi connectivity index (χ3n) is 6.91. The van der Waals surface area contributed by atoms with Crippen molar-refractivity contribution in [2.24, 2.45) is 17.8 Å². The molecule has 0 aromatic heterocycles. The normalized spacial score (nSPS) is 33.8. The number of amides is 1. The summed E-state index contributed by atoms with van der Waals surface area (Å²) in [6.07, 6.45) is 14.2. The molecule has 0 bridgehead atoms. The van der Waals surface area contributed by atoms with Gasteiger partial charge in [0.25, 0.3) is 0 Å². The van der Waals surface area contributed by atoms with Crippen LogP contribution < -0.4 is 0 Å². The lowest BCUT2D eigenvalue weighted by Gasteiger charge is -2.37. The summed E-state index contributed by atoms with van der Waals surface area (Å²) in [6, 6.07) is 0.805. The van der Waals surface area contributed by atoms with Crippen LogP contribution >= 0.6 is 0 Å². The van der Waals surface area contributed by atoms with E-state index < -0.39 is 0 Å². The number of carbonyl (C=O) groups is 1. The number of hydrogen-bond acceptors (Lipinski definition) is 1. The smallest absolute Gasteiger partial charge is 0.226 e. The third kappa shape index (κ3) is 3.51. The average molecular weight is 318 g/mol. The fourth-order valence-electron chi connectivity index (χ4n) is 5.46. The molecule has 0 radical (unpaired) electrons. The number of carbonyl (C=O) groups excluding carboxylic acids is 1. The van der Waals surface area contributed by atoms with Gasteiger partial charge in [0.1, 0.15) is 0 Å². The zero-order chi connectivity index (χ0) is 16.4. The maximum atomic E-state index is 13.4. The van der Waals surface area contributed by atoms with E-state index >= 15 is 0 Å². The van der Waals surface area contributed by atoms with E-state index in [1.807, 2.05) is 0 Å². The van der Waals surface area contributed by atoms with Crippen LogP contribution in [0.4, 0.5) is 0 Å². The van der Waals surface area contributed by atoms with Crippen LogP contribution in [-0.4, -0.2) is 22.9 Å². The van der Waals surface area contributed by atoms with E-state index in [-0.39, 0.29) is 5.92 Å². The predicted molar refractivity (Wildman–Crippen MR) is 96.2 cm³/mol. The molecule has 2 saturated carbocycles. The van der Waals surface area contributed by atoms with E-state index in [1.165, 1.54) is 76.2 Å². The molecule has 4 atom stereocenters. The van der Waals surface area contributed by atoms with Crippen molar-refractivity contribution in [1.29, 1.82) is 0 Å². The molecule has 1 aliphatic heterocycles. The molecule has 1 heterocycles. The molecular weight excluding hydrogens is 282 g/mol. The van der Waals surface area contributed by atoms with Crippen LogP contribution in [0.1, 0.15) is 84.5 Å². The van der Waals surface area contributed by atoms with Crippen LogP contribution in [-0.2, 0) is 4.79 Å². The Kier molecular flexibility index (Phi) is 5.49. The van der Waals surface area contributed by atoms with Crippen LogP contribution in [0, 0.1) is 17.8 Å². The number of hydrogen-bond donors (Lipinski definition) is 0. The molecule has 0 spiro atoms. The number of nitrogens with zero attached hydrogens (tertiary/aromatic N) is 1. The summed E-state index contributed by atoms with van der Waals surface area (Å²) in [5.41, 5.74) is 1.20. The van der Waals surface area contributed by atoms with Crippen molar-refractivity contribution < 1.29 is 4.79 Å². The second-order valence-electron chi connectivity index (χ2n) is 8.50. The number of rotatable bonds is 3. The maximum absolute atomic E-state index is 13.4. The zero-order valence-electron chi connectivity index (χ0n) is 15.2. The first-order valence-electron chi connectivity index (χ1n) is 10.1. The lowest BCUT2D eigenvalue weighted by Crippen LogP contribution is -2.46. The second-order valence-corrected chi connectivity index (χ2v) is 8.50. The van der Waals surface area contributed by atoms with Gasteiger partial charge in [0, 0.05) is 12.0 Å². The summed E-state index contributed by atoms with van der Waals surface area (Å²) in [4.78, 5) is 15.7. The third-order valence-corrected chi connectivity index (χ3v) is 6.91. The predicted octanol–water partition coefficient (Wildman–Crippen LogP) is 5.33. The molecule has 0 aromatic carbocycles. The summed E-state index contributed by atoms with van der Waals surface area (Å²) in [5.74, 6) is 1.99. The van der Waals surface area contributed by atoms with Gasteiger partial charge in [0.2, 0.25) is 5.91 Å². The van der Waals surface area contributed by atoms with Gasteiger partial charge < -0.3 is 4.90 Å². The Morgan fingerprint density at radius 2 is 1.61 bits per heavy atom. The van der Waals surface area contributed by atoms with Crippen molar-refractivity contribution in [2.45, 2.75) is 96.6 Å². The summed E-state index contributed by atoms with van der Waals surface area (Å²) < 4.78 is 0. The van der Waals surface area contributed by atoms with Gasteiger partial charge in [0.15, 0.2) is 0 Å². The van der Waals surface area contributed by atoms with E-state index in [0.717, 1.165) is 5.92 Å². The van der Waals surface area contributed by atoms with Crippen LogP contribution in [0.2, 0.25) is 0 Å². The summed E-state index contributed by atoms with van der Waals surface area (Å²) in [5, 5.41) is 0. The highest BCUT2D eigenvalue weighted by molar-refractivity contribution is 5.80. The monoisotopic (exact) mass is 317 g/mol. The van der Waals surface area contributed by atoms with Gasteiger partial charge in [-0.1, -0.05) is 57.6 Å².